The lowest BCUT2D eigenvalue weighted by Gasteiger charge is -2.29. The predicted molar refractivity (Wildman–Crippen MR) is 77.6 cm³/mol. The van der Waals surface area contributed by atoms with E-state index in [2.05, 4.69) is 4.98 Å². The van der Waals surface area contributed by atoms with Gasteiger partial charge >= 0.3 is 5.97 Å². The SMILES string of the molecule is O=C(O)c1ccc(C(=O)N2CCCc3ccccc32)nc1. The van der Waals surface area contributed by atoms with Crippen molar-refractivity contribution in [2.45, 2.75) is 12.8 Å². The molecule has 0 spiro atoms. The van der Waals surface area contributed by atoms with E-state index in [9.17, 15) is 9.59 Å². The highest BCUT2D eigenvalue weighted by atomic mass is 16.4. The lowest BCUT2D eigenvalue weighted by atomic mass is 10.0. The molecular weight excluding hydrogens is 268 g/mol. The number of pyridine rings is 1. The highest BCUT2D eigenvalue weighted by Gasteiger charge is 2.24. The number of fused-ring (bicyclic) bond motifs is 1. The number of nitrogens with zero attached hydrogens (tertiary/aromatic N) is 2. The maximum atomic E-state index is 12.6. The summed E-state index contributed by atoms with van der Waals surface area (Å²) in [5.74, 6) is -1.25. The van der Waals surface area contributed by atoms with E-state index < -0.39 is 5.97 Å². The number of amides is 1. The van der Waals surface area contributed by atoms with Crippen LogP contribution in [-0.4, -0.2) is 28.5 Å². The minimum Gasteiger partial charge on any atom is -0.478 e. The van der Waals surface area contributed by atoms with Gasteiger partial charge in [0.25, 0.3) is 5.91 Å². The minimum atomic E-state index is -1.05. The summed E-state index contributed by atoms with van der Waals surface area (Å²) in [4.78, 5) is 29.1. The molecule has 1 aliphatic heterocycles. The van der Waals surface area contributed by atoms with Crippen LogP contribution >= 0.6 is 0 Å². The van der Waals surface area contributed by atoms with Gasteiger partial charge in [0, 0.05) is 18.4 Å². The first kappa shape index (κ1) is 13.3. The molecule has 21 heavy (non-hydrogen) atoms. The van der Waals surface area contributed by atoms with Crippen molar-refractivity contribution in [2.75, 3.05) is 11.4 Å². The van der Waals surface area contributed by atoms with Gasteiger partial charge in [-0.25, -0.2) is 4.79 Å². The first-order valence-corrected chi connectivity index (χ1v) is 6.76. The fourth-order valence-electron chi connectivity index (χ4n) is 2.53. The van der Waals surface area contributed by atoms with Crippen LogP contribution in [0.25, 0.3) is 0 Å². The molecule has 0 radical (unpaired) electrons. The number of carbonyl (C=O) groups is 2. The van der Waals surface area contributed by atoms with Crippen molar-refractivity contribution in [1.29, 1.82) is 0 Å². The maximum absolute atomic E-state index is 12.6. The van der Waals surface area contributed by atoms with E-state index in [1.807, 2.05) is 24.3 Å². The molecule has 3 rings (SSSR count). The topological polar surface area (TPSA) is 70.5 Å². The zero-order valence-corrected chi connectivity index (χ0v) is 11.3. The van der Waals surface area contributed by atoms with E-state index >= 15 is 0 Å². The third kappa shape index (κ3) is 2.50. The summed E-state index contributed by atoms with van der Waals surface area (Å²) in [5.41, 5.74) is 2.40. The monoisotopic (exact) mass is 282 g/mol. The highest BCUT2D eigenvalue weighted by molar-refractivity contribution is 6.05. The van der Waals surface area contributed by atoms with Gasteiger partial charge in [-0.05, 0) is 36.6 Å². The Hall–Kier alpha value is -2.69. The van der Waals surface area contributed by atoms with E-state index in [0.717, 1.165) is 24.1 Å². The summed E-state index contributed by atoms with van der Waals surface area (Å²) < 4.78 is 0. The molecule has 0 saturated heterocycles. The third-order valence-corrected chi connectivity index (χ3v) is 3.58. The maximum Gasteiger partial charge on any atom is 0.337 e. The molecule has 2 heterocycles. The lowest BCUT2D eigenvalue weighted by molar-refractivity contribution is 0.0695. The summed E-state index contributed by atoms with van der Waals surface area (Å²) in [7, 11) is 0. The molecule has 0 unspecified atom stereocenters. The van der Waals surface area contributed by atoms with Crippen LogP contribution < -0.4 is 4.90 Å². The molecule has 0 saturated carbocycles. The summed E-state index contributed by atoms with van der Waals surface area (Å²) >= 11 is 0. The fourth-order valence-corrected chi connectivity index (χ4v) is 2.53. The van der Waals surface area contributed by atoms with Gasteiger partial charge < -0.3 is 10.0 Å². The first-order chi connectivity index (χ1) is 10.2. The van der Waals surface area contributed by atoms with E-state index in [1.165, 1.54) is 18.3 Å². The second kappa shape index (κ2) is 5.36. The van der Waals surface area contributed by atoms with Crippen LogP contribution in [0.4, 0.5) is 5.69 Å². The Morgan fingerprint density at radius 3 is 2.67 bits per heavy atom. The van der Waals surface area contributed by atoms with Gasteiger partial charge in [0.15, 0.2) is 0 Å². The predicted octanol–water partition coefficient (Wildman–Crippen LogP) is 2.37. The average molecular weight is 282 g/mol. The average Bonchev–Trinajstić information content (AvgIpc) is 2.53. The van der Waals surface area contributed by atoms with Crippen LogP contribution in [0.3, 0.4) is 0 Å². The van der Waals surface area contributed by atoms with Crippen LogP contribution in [0.5, 0.6) is 0 Å². The normalized spacial score (nSPS) is 13.6. The summed E-state index contributed by atoms with van der Waals surface area (Å²) in [5, 5.41) is 8.86. The number of hydrogen-bond donors (Lipinski definition) is 1. The molecule has 1 aromatic heterocycles. The molecule has 106 valence electrons. The van der Waals surface area contributed by atoms with Crippen LogP contribution in [0.1, 0.15) is 32.8 Å². The summed E-state index contributed by atoms with van der Waals surface area (Å²) in [6, 6.07) is 10.7. The van der Waals surface area contributed by atoms with Gasteiger partial charge in [0.2, 0.25) is 0 Å². The van der Waals surface area contributed by atoms with Crippen molar-refractivity contribution in [1.82, 2.24) is 4.98 Å². The van der Waals surface area contributed by atoms with Crippen molar-refractivity contribution < 1.29 is 14.7 Å². The Balaban J connectivity index is 1.91. The molecule has 0 aliphatic carbocycles. The van der Waals surface area contributed by atoms with Crippen molar-refractivity contribution in [3.63, 3.8) is 0 Å². The second-order valence-corrected chi connectivity index (χ2v) is 4.93. The zero-order valence-electron chi connectivity index (χ0n) is 11.3. The number of carbonyl (C=O) groups excluding carboxylic acids is 1. The molecule has 1 aliphatic rings. The standard InChI is InChI=1S/C16H14N2O3/c19-15(13-8-7-12(10-17-13)16(20)21)18-9-3-5-11-4-1-2-6-14(11)18/h1-2,4,6-8,10H,3,5,9H2,(H,20,21). The summed E-state index contributed by atoms with van der Waals surface area (Å²) in [6.07, 6.45) is 3.09. The van der Waals surface area contributed by atoms with Crippen molar-refractivity contribution in [3.8, 4) is 0 Å². The molecule has 0 atom stereocenters. The van der Waals surface area contributed by atoms with Gasteiger partial charge in [0.05, 0.1) is 5.56 Å². The number of benzene rings is 1. The Bertz CT molecular complexity index is 695. The number of carboxylic acid groups (broad SMARTS) is 1. The Morgan fingerprint density at radius 2 is 1.95 bits per heavy atom. The van der Waals surface area contributed by atoms with Gasteiger partial charge in [-0.15, -0.1) is 0 Å². The molecular formula is C16H14N2O3. The number of carboxylic acids is 1. The summed E-state index contributed by atoms with van der Waals surface area (Å²) in [6.45, 7) is 0.651. The third-order valence-electron chi connectivity index (χ3n) is 3.58. The van der Waals surface area contributed by atoms with Crippen molar-refractivity contribution in [2.24, 2.45) is 0 Å². The van der Waals surface area contributed by atoms with Crippen molar-refractivity contribution >= 4 is 17.6 Å². The quantitative estimate of drug-likeness (QED) is 0.918. The molecule has 1 aromatic carbocycles. The van der Waals surface area contributed by atoms with Gasteiger partial charge in [-0.1, -0.05) is 18.2 Å². The van der Waals surface area contributed by atoms with E-state index in [-0.39, 0.29) is 17.2 Å². The molecule has 1 N–H and O–H groups in total. The van der Waals surface area contributed by atoms with Crippen LogP contribution in [0, 0.1) is 0 Å². The van der Waals surface area contributed by atoms with E-state index in [0.29, 0.717) is 6.54 Å². The van der Waals surface area contributed by atoms with Crippen LogP contribution in [0.2, 0.25) is 0 Å². The molecule has 0 fully saturated rings. The second-order valence-electron chi connectivity index (χ2n) is 4.93. The van der Waals surface area contributed by atoms with Gasteiger partial charge in [-0.3, -0.25) is 9.78 Å². The van der Waals surface area contributed by atoms with E-state index in [1.54, 1.807) is 4.90 Å². The fraction of sp³-hybridized carbons (Fsp3) is 0.188. The number of aryl methyl sites for hydroxylation is 1. The number of para-hydroxylation sites is 1. The van der Waals surface area contributed by atoms with Gasteiger partial charge in [0.1, 0.15) is 5.69 Å². The minimum absolute atomic E-state index is 0.0746. The number of hydrogen-bond acceptors (Lipinski definition) is 3. The Labute approximate surface area is 121 Å². The first-order valence-electron chi connectivity index (χ1n) is 6.76. The van der Waals surface area contributed by atoms with E-state index in [4.69, 9.17) is 5.11 Å². The van der Waals surface area contributed by atoms with Gasteiger partial charge in [-0.2, -0.15) is 0 Å². The lowest BCUT2D eigenvalue weighted by Crippen LogP contribution is -2.35. The zero-order chi connectivity index (χ0) is 14.8. The number of aromatic carboxylic acids is 1. The molecule has 1 amide bonds. The van der Waals surface area contributed by atoms with Crippen LogP contribution in [-0.2, 0) is 6.42 Å². The largest absolute Gasteiger partial charge is 0.478 e. The molecule has 5 nitrogen and oxygen atoms in total. The number of rotatable bonds is 2. The molecule has 2 aromatic rings. The molecule has 5 heteroatoms. The molecule has 0 bridgehead atoms. The number of aromatic nitrogens is 1. The highest BCUT2D eigenvalue weighted by Crippen LogP contribution is 2.27. The Kier molecular flexibility index (Phi) is 3.39. The Morgan fingerprint density at radius 1 is 1.14 bits per heavy atom. The van der Waals surface area contributed by atoms with Crippen LogP contribution in [0.15, 0.2) is 42.6 Å². The van der Waals surface area contributed by atoms with Crippen molar-refractivity contribution in [3.05, 3.63) is 59.4 Å². The number of anilines is 1. The smallest absolute Gasteiger partial charge is 0.337 e.